The van der Waals surface area contributed by atoms with Gasteiger partial charge in [0.25, 0.3) is 11.1 Å². The highest BCUT2D eigenvalue weighted by Gasteiger charge is 2.29. The Morgan fingerprint density at radius 2 is 1.96 bits per heavy atom. The van der Waals surface area contributed by atoms with E-state index >= 15 is 0 Å². The molecule has 0 bridgehead atoms. The summed E-state index contributed by atoms with van der Waals surface area (Å²) < 4.78 is 11.1. The van der Waals surface area contributed by atoms with E-state index in [1.54, 1.807) is 0 Å². The highest BCUT2D eigenvalue weighted by Crippen LogP contribution is 2.25. The number of thioether (sulfide) groups is 1. The topological polar surface area (TPSA) is 68.5 Å². The number of carbonyl (C=O) groups excluding carboxylic acids is 1. The minimum Gasteiger partial charge on any atom is -0.484 e. The van der Waals surface area contributed by atoms with E-state index in [0.717, 1.165) is 18.6 Å². The van der Waals surface area contributed by atoms with Gasteiger partial charge in [-0.2, -0.15) is 0 Å². The summed E-state index contributed by atoms with van der Waals surface area (Å²) in [6.07, 6.45) is 3.33. The number of hydrogen-bond donors (Lipinski definition) is 0. The van der Waals surface area contributed by atoms with E-state index in [9.17, 15) is 4.79 Å². The Hall–Kier alpha value is -2.02. The second kappa shape index (κ2) is 8.38. The molecule has 2 heterocycles. The molecule has 1 saturated heterocycles. The van der Waals surface area contributed by atoms with Gasteiger partial charge >= 0.3 is 0 Å². The fraction of sp³-hybridized carbons (Fsp3) is 0.500. The normalized spacial score (nSPS) is 20.5. The van der Waals surface area contributed by atoms with Crippen LogP contribution in [0.5, 0.6) is 5.75 Å². The van der Waals surface area contributed by atoms with E-state index < -0.39 is 0 Å². The van der Waals surface area contributed by atoms with E-state index in [0.29, 0.717) is 29.0 Å². The third-order valence-corrected chi connectivity index (χ3v) is 5.16. The molecule has 0 spiro atoms. The van der Waals surface area contributed by atoms with Gasteiger partial charge in [0.1, 0.15) is 5.75 Å². The van der Waals surface area contributed by atoms with Crippen LogP contribution in [0.1, 0.15) is 39.0 Å². The number of amides is 1. The Labute approximate surface area is 151 Å². The van der Waals surface area contributed by atoms with Crippen LogP contribution in [0, 0.1) is 0 Å². The SMILES string of the molecule is CC1CCCC(C)N1C(=O)CSc1nnc(COc2ccccc2)o1. The average molecular weight is 361 g/mol. The number of rotatable bonds is 6. The highest BCUT2D eigenvalue weighted by molar-refractivity contribution is 7.99. The summed E-state index contributed by atoms with van der Waals surface area (Å²) >= 11 is 1.28. The highest BCUT2D eigenvalue weighted by atomic mass is 32.2. The largest absolute Gasteiger partial charge is 0.484 e. The van der Waals surface area contributed by atoms with Crippen molar-refractivity contribution >= 4 is 17.7 Å². The minimum absolute atomic E-state index is 0.130. The van der Waals surface area contributed by atoms with Crippen LogP contribution in [0.3, 0.4) is 0 Å². The Morgan fingerprint density at radius 3 is 2.68 bits per heavy atom. The minimum atomic E-state index is 0.130. The van der Waals surface area contributed by atoms with Crippen LogP contribution in [0.4, 0.5) is 0 Å². The maximum atomic E-state index is 12.5. The Morgan fingerprint density at radius 1 is 1.24 bits per heavy atom. The first kappa shape index (κ1) is 17.8. The molecule has 2 unspecified atom stereocenters. The molecular formula is C18H23N3O3S. The van der Waals surface area contributed by atoms with Crippen molar-refractivity contribution in [2.75, 3.05) is 5.75 Å². The molecule has 0 aliphatic carbocycles. The van der Waals surface area contributed by atoms with Crippen molar-refractivity contribution in [1.29, 1.82) is 0 Å². The molecule has 0 saturated carbocycles. The Kier molecular flexibility index (Phi) is 5.96. The van der Waals surface area contributed by atoms with Crippen LogP contribution in [-0.4, -0.2) is 38.8 Å². The molecular weight excluding hydrogens is 338 g/mol. The monoisotopic (exact) mass is 361 g/mol. The number of hydrogen-bond acceptors (Lipinski definition) is 6. The molecule has 1 aliphatic rings. The molecule has 1 aromatic heterocycles. The predicted octanol–water partition coefficient (Wildman–Crippen LogP) is 3.53. The van der Waals surface area contributed by atoms with Crippen LogP contribution in [0.25, 0.3) is 0 Å². The van der Waals surface area contributed by atoms with Gasteiger partial charge in [0.15, 0.2) is 6.61 Å². The van der Waals surface area contributed by atoms with Crippen molar-refractivity contribution in [2.45, 2.75) is 57.0 Å². The quantitative estimate of drug-likeness (QED) is 0.733. The van der Waals surface area contributed by atoms with Crippen molar-refractivity contribution in [3.63, 3.8) is 0 Å². The molecule has 6 nitrogen and oxygen atoms in total. The molecule has 0 radical (unpaired) electrons. The maximum absolute atomic E-state index is 12.5. The van der Waals surface area contributed by atoms with Gasteiger partial charge in [-0.05, 0) is 45.2 Å². The van der Waals surface area contributed by atoms with Gasteiger partial charge < -0.3 is 14.1 Å². The van der Waals surface area contributed by atoms with Gasteiger partial charge in [0, 0.05) is 12.1 Å². The summed E-state index contributed by atoms with van der Waals surface area (Å²) in [6.45, 7) is 4.44. The second-order valence-corrected chi connectivity index (χ2v) is 7.21. The van der Waals surface area contributed by atoms with E-state index in [-0.39, 0.29) is 12.5 Å². The number of para-hydroxylation sites is 1. The molecule has 25 heavy (non-hydrogen) atoms. The third-order valence-electron chi connectivity index (χ3n) is 4.35. The molecule has 3 rings (SSSR count). The lowest BCUT2D eigenvalue weighted by atomic mass is 9.98. The van der Waals surface area contributed by atoms with E-state index in [2.05, 4.69) is 24.0 Å². The third kappa shape index (κ3) is 4.75. The van der Waals surface area contributed by atoms with Crippen LogP contribution in [0.15, 0.2) is 40.0 Å². The summed E-state index contributed by atoms with van der Waals surface area (Å²) in [4.78, 5) is 14.5. The molecule has 2 atom stereocenters. The number of benzene rings is 1. The number of nitrogens with zero attached hydrogens (tertiary/aromatic N) is 3. The molecule has 134 valence electrons. The fourth-order valence-electron chi connectivity index (χ4n) is 3.13. The van der Waals surface area contributed by atoms with Crippen molar-refractivity contribution in [3.8, 4) is 5.75 Å². The standard InChI is InChI=1S/C18H23N3O3S/c1-13-7-6-8-14(2)21(13)17(22)12-25-18-20-19-16(24-18)11-23-15-9-4-3-5-10-15/h3-5,9-10,13-14H,6-8,11-12H2,1-2H3. The van der Waals surface area contributed by atoms with Gasteiger partial charge in [-0.15, -0.1) is 10.2 Å². The average Bonchev–Trinajstić information content (AvgIpc) is 3.07. The molecule has 1 aromatic carbocycles. The lowest BCUT2D eigenvalue weighted by Crippen LogP contribution is -2.48. The molecule has 0 N–H and O–H groups in total. The molecule has 7 heteroatoms. The van der Waals surface area contributed by atoms with Gasteiger partial charge in [0.2, 0.25) is 5.91 Å². The van der Waals surface area contributed by atoms with Crippen LogP contribution >= 0.6 is 11.8 Å². The summed E-state index contributed by atoms with van der Waals surface area (Å²) in [5.74, 6) is 1.59. The Bertz CT molecular complexity index is 682. The van der Waals surface area contributed by atoms with Gasteiger partial charge in [0.05, 0.1) is 5.75 Å². The molecule has 1 aliphatic heterocycles. The zero-order chi connectivity index (χ0) is 17.6. The lowest BCUT2D eigenvalue weighted by Gasteiger charge is -2.39. The van der Waals surface area contributed by atoms with Gasteiger partial charge in [-0.3, -0.25) is 4.79 Å². The van der Waals surface area contributed by atoms with Crippen molar-refractivity contribution in [2.24, 2.45) is 0 Å². The smallest absolute Gasteiger partial charge is 0.277 e. The maximum Gasteiger partial charge on any atom is 0.277 e. The van der Waals surface area contributed by atoms with Crippen molar-refractivity contribution < 1.29 is 13.9 Å². The summed E-state index contributed by atoms with van der Waals surface area (Å²) in [5, 5.41) is 8.34. The lowest BCUT2D eigenvalue weighted by molar-refractivity contribution is -0.134. The van der Waals surface area contributed by atoms with Gasteiger partial charge in [-0.1, -0.05) is 30.0 Å². The first-order valence-electron chi connectivity index (χ1n) is 8.57. The number of aromatic nitrogens is 2. The van der Waals surface area contributed by atoms with Crippen LogP contribution in [-0.2, 0) is 11.4 Å². The number of likely N-dealkylation sites (tertiary alicyclic amines) is 1. The zero-order valence-electron chi connectivity index (χ0n) is 14.6. The van der Waals surface area contributed by atoms with Gasteiger partial charge in [-0.25, -0.2) is 0 Å². The number of ether oxygens (including phenoxy) is 1. The summed E-state index contributed by atoms with van der Waals surface area (Å²) in [7, 11) is 0. The second-order valence-electron chi connectivity index (χ2n) is 6.28. The molecule has 1 fully saturated rings. The molecule has 2 aromatic rings. The van der Waals surface area contributed by atoms with E-state index in [4.69, 9.17) is 9.15 Å². The zero-order valence-corrected chi connectivity index (χ0v) is 15.4. The fourth-order valence-corrected chi connectivity index (χ4v) is 3.78. The summed E-state index contributed by atoms with van der Waals surface area (Å²) in [6, 6.07) is 10.1. The Balaban J connectivity index is 1.49. The van der Waals surface area contributed by atoms with Crippen molar-refractivity contribution in [1.82, 2.24) is 15.1 Å². The molecule has 1 amide bonds. The first-order chi connectivity index (χ1) is 12.1. The van der Waals surface area contributed by atoms with Crippen molar-refractivity contribution in [3.05, 3.63) is 36.2 Å². The first-order valence-corrected chi connectivity index (χ1v) is 9.56. The van der Waals surface area contributed by atoms with E-state index in [1.165, 1.54) is 18.2 Å². The van der Waals surface area contributed by atoms with E-state index in [1.807, 2.05) is 35.2 Å². The number of piperidine rings is 1. The predicted molar refractivity (Wildman–Crippen MR) is 95.4 cm³/mol. The summed E-state index contributed by atoms with van der Waals surface area (Å²) in [5.41, 5.74) is 0. The van der Waals surface area contributed by atoms with Crippen LogP contribution in [0.2, 0.25) is 0 Å². The number of carbonyl (C=O) groups is 1. The van der Waals surface area contributed by atoms with Crippen LogP contribution < -0.4 is 4.74 Å².